The molecule has 0 unspecified atom stereocenters. The predicted octanol–water partition coefficient (Wildman–Crippen LogP) is 6.86. The average Bonchev–Trinajstić information content (AvgIpc) is 3.17. The van der Waals surface area contributed by atoms with E-state index in [4.69, 9.17) is 9.47 Å². The second kappa shape index (κ2) is 12.7. The highest BCUT2D eigenvalue weighted by molar-refractivity contribution is 5.69. The molecule has 0 radical (unpaired) electrons. The highest BCUT2D eigenvalue weighted by Gasteiger charge is 2.31. The van der Waals surface area contributed by atoms with Crippen LogP contribution in [0.3, 0.4) is 0 Å². The van der Waals surface area contributed by atoms with Crippen molar-refractivity contribution in [1.29, 1.82) is 0 Å². The van der Waals surface area contributed by atoms with Gasteiger partial charge in [-0.2, -0.15) is 0 Å². The van der Waals surface area contributed by atoms with Crippen molar-refractivity contribution < 1.29 is 32.2 Å². The first-order chi connectivity index (χ1) is 17.6. The van der Waals surface area contributed by atoms with E-state index >= 15 is 0 Å². The maximum atomic E-state index is 12.5. The van der Waals surface area contributed by atoms with Crippen LogP contribution in [0.1, 0.15) is 49.9 Å². The molecule has 6 nitrogen and oxygen atoms in total. The fourth-order valence-electron chi connectivity index (χ4n) is 4.06. The molecule has 0 aliphatic rings. The zero-order valence-corrected chi connectivity index (χ0v) is 21.6. The van der Waals surface area contributed by atoms with Crippen LogP contribution < -0.4 is 9.47 Å². The number of imidazole rings is 1. The number of aromatic nitrogens is 2. The molecule has 1 aromatic heterocycles. The van der Waals surface area contributed by atoms with Gasteiger partial charge in [-0.3, -0.25) is 4.79 Å². The van der Waals surface area contributed by atoms with Gasteiger partial charge < -0.3 is 18.8 Å². The summed E-state index contributed by atoms with van der Waals surface area (Å²) in [4.78, 5) is 16.1. The molecule has 0 amide bonds. The second-order valence-electron chi connectivity index (χ2n) is 9.10. The number of esters is 1. The van der Waals surface area contributed by atoms with Gasteiger partial charge in [0.05, 0.1) is 19.8 Å². The van der Waals surface area contributed by atoms with Crippen LogP contribution in [0.2, 0.25) is 0 Å². The number of alkyl halides is 3. The summed E-state index contributed by atoms with van der Waals surface area (Å²) in [5, 5.41) is 0. The Morgan fingerprint density at radius 1 is 1.11 bits per heavy atom. The van der Waals surface area contributed by atoms with E-state index in [9.17, 15) is 18.0 Å². The van der Waals surface area contributed by atoms with Gasteiger partial charge in [0.2, 0.25) is 0 Å². The van der Waals surface area contributed by atoms with E-state index in [0.29, 0.717) is 37.6 Å². The van der Waals surface area contributed by atoms with Crippen LogP contribution in [-0.4, -0.2) is 35.1 Å². The Morgan fingerprint density at radius 3 is 2.51 bits per heavy atom. The minimum atomic E-state index is -4.74. The molecule has 0 bridgehead atoms. The number of nitrogens with zero attached hydrogens (tertiary/aromatic N) is 2. The van der Waals surface area contributed by atoms with E-state index in [2.05, 4.69) is 15.8 Å². The molecule has 2 aromatic carbocycles. The molecule has 200 valence electrons. The van der Waals surface area contributed by atoms with Crippen molar-refractivity contribution in [2.45, 2.75) is 59.9 Å². The summed E-state index contributed by atoms with van der Waals surface area (Å²) in [5.74, 6) is 1.15. The number of halogens is 3. The van der Waals surface area contributed by atoms with Gasteiger partial charge in [-0.05, 0) is 69.9 Å². The van der Waals surface area contributed by atoms with E-state index in [1.807, 2.05) is 37.5 Å². The highest BCUT2D eigenvalue weighted by Crippen LogP contribution is 2.29. The molecule has 3 aromatic rings. The Balaban J connectivity index is 1.69. The van der Waals surface area contributed by atoms with Gasteiger partial charge in [-0.1, -0.05) is 24.6 Å². The van der Waals surface area contributed by atoms with Gasteiger partial charge in [0, 0.05) is 29.4 Å². The molecule has 3 rings (SSSR count). The number of carbonyl (C=O) groups is 1. The van der Waals surface area contributed by atoms with Crippen LogP contribution >= 0.6 is 0 Å². The van der Waals surface area contributed by atoms with Gasteiger partial charge in [0.25, 0.3) is 0 Å². The molecule has 0 spiro atoms. The van der Waals surface area contributed by atoms with E-state index in [1.54, 1.807) is 25.3 Å². The number of hydrogen-bond acceptors (Lipinski definition) is 5. The molecule has 37 heavy (non-hydrogen) atoms. The average molecular weight is 519 g/mol. The molecule has 0 saturated heterocycles. The van der Waals surface area contributed by atoms with Crippen molar-refractivity contribution in [3.05, 3.63) is 65.5 Å². The van der Waals surface area contributed by atoms with Crippen LogP contribution in [0.25, 0.3) is 11.4 Å². The Morgan fingerprint density at radius 2 is 1.84 bits per heavy atom. The van der Waals surface area contributed by atoms with Crippen molar-refractivity contribution >= 4 is 5.97 Å². The fraction of sp³-hybridized carbons (Fsp3) is 0.429. The largest absolute Gasteiger partial charge is 0.573 e. The zero-order valence-electron chi connectivity index (χ0n) is 21.6. The Bertz CT molecular complexity index is 1170. The molecule has 0 fully saturated rings. The van der Waals surface area contributed by atoms with Gasteiger partial charge in [-0.15, -0.1) is 13.2 Å². The van der Waals surface area contributed by atoms with E-state index in [-0.39, 0.29) is 17.6 Å². The van der Waals surface area contributed by atoms with E-state index < -0.39 is 6.36 Å². The molecule has 0 saturated carbocycles. The van der Waals surface area contributed by atoms with E-state index in [1.165, 1.54) is 12.1 Å². The summed E-state index contributed by atoms with van der Waals surface area (Å²) in [6.45, 7) is 9.15. The fourth-order valence-corrected chi connectivity index (χ4v) is 4.06. The minimum absolute atomic E-state index is 0.175. The van der Waals surface area contributed by atoms with Crippen molar-refractivity contribution in [2.24, 2.45) is 5.92 Å². The Hall–Kier alpha value is -3.49. The van der Waals surface area contributed by atoms with Gasteiger partial charge in [0.1, 0.15) is 17.3 Å². The first kappa shape index (κ1) is 28.1. The smallest absolute Gasteiger partial charge is 0.493 e. The number of benzene rings is 2. The van der Waals surface area contributed by atoms with Crippen LogP contribution in [-0.2, 0) is 16.1 Å². The van der Waals surface area contributed by atoms with Gasteiger partial charge in [-0.25, -0.2) is 4.98 Å². The molecule has 1 heterocycles. The summed E-state index contributed by atoms with van der Waals surface area (Å²) in [5.41, 5.74) is 3.64. The number of aryl methyl sites for hydroxylation is 2. The quantitative estimate of drug-likeness (QED) is 0.194. The Kier molecular flexibility index (Phi) is 9.60. The van der Waals surface area contributed by atoms with Crippen molar-refractivity contribution in [3.8, 4) is 22.9 Å². The second-order valence-corrected chi connectivity index (χ2v) is 9.10. The minimum Gasteiger partial charge on any atom is -0.493 e. The zero-order chi connectivity index (χ0) is 27.0. The third-order valence-corrected chi connectivity index (χ3v) is 5.86. The lowest BCUT2D eigenvalue weighted by atomic mass is 10.0. The molecular formula is C28H33F3N2O4. The summed E-state index contributed by atoms with van der Waals surface area (Å²) in [6, 6.07) is 11.7. The van der Waals surface area contributed by atoms with Gasteiger partial charge >= 0.3 is 12.3 Å². The maximum Gasteiger partial charge on any atom is 0.573 e. The van der Waals surface area contributed by atoms with Crippen molar-refractivity contribution in [2.75, 3.05) is 13.2 Å². The highest BCUT2D eigenvalue weighted by atomic mass is 19.4. The third-order valence-electron chi connectivity index (χ3n) is 5.86. The maximum absolute atomic E-state index is 12.5. The third kappa shape index (κ3) is 8.55. The summed E-state index contributed by atoms with van der Waals surface area (Å²) in [6.07, 6.45) is -0.960. The van der Waals surface area contributed by atoms with Crippen LogP contribution in [0.5, 0.6) is 11.5 Å². The molecule has 1 atom stereocenters. The lowest BCUT2D eigenvalue weighted by Crippen LogP contribution is -2.17. The first-order valence-corrected chi connectivity index (χ1v) is 12.3. The van der Waals surface area contributed by atoms with Crippen LogP contribution in [0.4, 0.5) is 13.2 Å². The first-order valence-electron chi connectivity index (χ1n) is 12.3. The lowest BCUT2D eigenvalue weighted by Gasteiger charge is -2.16. The van der Waals surface area contributed by atoms with Crippen molar-refractivity contribution in [1.82, 2.24) is 9.55 Å². The van der Waals surface area contributed by atoms with Crippen molar-refractivity contribution in [3.63, 3.8) is 0 Å². The molecule has 0 aliphatic heterocycles. The van der Waals surface area contributed by atoms with Crippen LogP contribution in [0.15, 0.2) is 48.7 Å². The standard InChI is InChI=1S/C28H33F3N2O4/c1-5-35-26(34)16-19(2)7-6-14-36-25-13-8-20(3)15-23(25)18-33-21(4)17-32-27(33)22-9-11-24(12-10-22)37-28(29,30)31/h8-13,15,17,19H,5-7,14,16,18H2,1-4H3/t19-/m1/s1. The molecule has 0 aliphatic carbocycles. The molecular weight excluding hydrogens is 485 g/mol. The van der Waals surface area contributed by atoms with Gasteiger partial charge in [0.15, 0.2) is 0 Å². The van der Waals surface area contributed by atoms with Crippen LogP contribution in [0, 0.1) is 19.8 Å². The topological polar surface area (TPSA) is 62.6 Å². The summed E-state index contributed by atoms with van der Waals surface area (Å²) in [7, 11) is 0. The number of ether oxygens (including phenoxy) is 3. The monoisotopic (exact) mass is 518 g/mol. The number of hydrogen-bond donors (Lipinski definition) is 0. The number of carbonyl (C=O) groups excluding carboxylic acids is 1. The lowest BCUT2D eigenvalue weighted by molar-refractivity contribution is -0.274. The SMILES string of the molecule is CCOC(=O)C[C@H](C)CCCOc1ccc(C)cc1Cn1c(C)cnc1-c1ccc(OC(F)(F)F)cc1. The predicted molar refractivity (Wildman–Crippen MR) is 135 cm³/mol. The Labute approximate surface area is 215 Å². The molecule has 0 N–H and O–H groups in total. The summed E-state index contributed by atoms with van der Waals surface area (Å²) < 4.78 is 54.6. The normalized spacial score (nSPS) is 12.3. The number of rotatable bonds is 12. The molecule has 9 heteroatoms. The van der Waals surface area contributed by atoms with E-state index in [0.717, 1.165) is 35.4 Å². The summed E-state index contributed by atoms with van der Waals surface area (Å²) >= 11 is 0.